The molecule has 3 rings (SSSR count). The quantitative estimate of drug-likeness (QED) is 0.833. The molecule has 2 aliphatic rings. The molecule has 0 bridgehead atoms. The van der Waals surface area contributed by atoms with E-state index >= 15 is 0 Å². The van der Waals surface area contributed by atoms with E-state index in [2.05, 4.69) is 29.0 Å². The van der Waals surface area contributed by atoms with Crippen molar-refractivity contribution < 1.29 is 9.53 Å². The van der Waals surface area contributed by atoms with Crippen LogP contribution < -0.4 is 10.1 Å². The lowest BCUT2D eigenvalue weighted by molar-refractivity contribution is -0.127. The molecule has 2 saturated heterocycles. The number of nitrogens with one attached hydrogen (secondary N) is 1. The summed E-state index contributed by atoms with van der Waals surface area (Å²) in [6.07, 6.45) is 4.61. The van der Waals surface area contributed by atoms with Gasteiger partial charge in [-0.1, -0.05) is 12.1 Å². The molecule has 5 nitrogen and oxygen atoms in total. The molecule has 0 radical (unpaired) electrons. The Morgan fingerprint density at radius 3 is 2.48 bits per heavy atom. The maximum absolute atomic E-state index is 12.7. The lowest BCUT2D eigenvalue weighted by atomic mass is 9.93. The highest BCUT2D eigenvalue weighted by Gasteiger charge is 2.31. The number of ether oxygens (including phenoxy) is 1. The number of nitrogens with zero attached hydrogens (tertiary/aromatic N) is 2. The Balaban J connectivity index is 1.46. The molecule has 0 spiro atoms. The van der Waals surface area contributed by atoms with Crippen LogP contribution in [0.15, 0.2) is 24.3 Å². The standard InChI is InChI=1S/C22H35N3O2/c1-17(2)24-13-10-20(11-14-24)25-12-4-5-19(16-25)22(26)23-15-18-6-8-21(27-3)9-7-18/h6-9,17,19-20H,4-5,10-16H2,1-3H3,(H,23,26). The van der Waals surface area contributed by atoms with Gasteiger partial charge >= 0.3 is 0 Å². The Bertz CT molecular complexity index is 594. The van der Waals surface area contributed by atoms with Crippen LogP contribution in [0.2, 0.25) is 0 Å². The van der Waals surface area contributed by atoms with Crippen molar-refractivity contribution in [3.05, 3.63) is 29.8 Å². The van der Waals surface area contributed by atoms with E-state index in [0.717, 1.165) is 37.2 Å². The Labute approximate surface area is 164 Å². The van der Waals surface area contributed by atoms with Crippen molar-refractivity contribution in [1.82, 2.24) is 15.1 Å². The first kappa shape index (κ1) is 20.2. The molecule has 2 aliphatic heterocycles. The van der Waals surface area contributed by atoms with Gasteiger partial charge in [-0.2, -0.15) is 0 Å². The third-order valence-electron chi connectivity index (χ3n) is 6.20. The van der Waals surface area contributed by atoms with Crippen LogP contribution in [0, 0.1) is 5.92 Å². The van der Waals surface area contributed by atoms with E-state index in [1.807, 2.05) is 24.3 Å². The van der Waals surface area contributed by atoms with Crippen molar-refractivity contribution in [3.63, 3.8) is 0 Å². The van der Waals surface area contributed by atoms with Crippen LogP contribution in [0.5, 0.6) is 5.75 Å². The third kappa shape index (κ3) is 5.45. The molecule has 5 heteroatoms. The number of carbonyl (C=O) groups is 1. The highest BCUT2D eigenvalue weighted by atomic mass is 16.5. The number of methoxy groups -OCH3 is 1. The number of amides is 1. The van der Waals surface area contributed by atoms with Gasteiger partial charge in [0.25, 0.3) is 0 Å². The summed E-state index contributed by atoms with van der Waals surface area (Å²) in [6, 6.07) is 9.19. The van der Waals surface area contributed by atoms with Crippen LogP contribution in [0.1, 0.15) is 45.1 Å². The highest BCUT2D eigenvalue weighted by molar-refractivity contribution is 5.79. The van der Waals surface area contributed by atoms with Gasteiger partial charge < -0.3 is 15.0 Å². The second-order valence-electron chi connectivity index (χ2n) is 8.26. The van der Waals surface area contributed by atoms with E-state index in [1.165, 1.54) is 25.9 Å². The third-order valence-corrected chi connectivity index (χ3v) is 6.20. The molecule has 1 amide bonds. The van der Waals surface area contributed by atoms with E-state index in [-0.39, 0.29) is 11.8 Å². The number of benzene rings is 1. The zero-order valence-electron chi connectivity index (χ0n) is 17.1. The van der Waals surface area contributed by atoms with Gasteiger partial charge in [-0.25, -0.2) is 0 Å². The summed E-state index contributed by atoms with van der Waals surface area (Å²) in [7, 11) is 1.66. The molecule has 1 atom stereocenters. The minimum atomic E-state index is 0.125. The van der Waals surface area contributed by atoms with Crippen LogP contribution in [-0.2, 0) is 11.3 Å². The Hall–Kier alpha value is -1.59. The molecule has 0 aliphatic carbocycles. The molecule has 2 heterocycles. The molecule has 150 valence electrons. The second-order valence-corrected chi connectivity index (χ2v) is 8.26. The summed E-state index contributed by atoms with van der Waals surface area (Å²) in [5.74, 6) is 1.17. The second kappa shape index (κ2) is 9.56. The predicted octanol–water partition coefficient (Wildman–Crippen LogP) is 2.90. The van der Waals surface area contributed by atoms with Crippen LogP contribution >= 0.6 is 0 Å². The minimum absolute atomic E-state index is 0.125. The predicted molar refractivity (Wildman–Crippen MR) is 109 cm³/mol. The van der Waals surface area contributed by atoms with E-state index < -0.39 is 0 Å². The molecular formula is C22H35N3O2. The molecule has 2 fully saturated rings. The zero-order valence-corrected chi connectivity index (χ0v) is 17.1. The van der Waals surface area contributed by atoms with Crippen LogP contribution in [-0.4, -0.2) is 61.1 Å². The van der Waals surface area contributed by atoms with Gasteiger partial charge in [0.05, 0.1) is 13.0 Å². The Kier molecular flexibility index (Phi) is 7.13. The molecule has 1 aromatic carbocycles. The van der Waals surface area contributed by atoms with Crippen molar-refractivity contribution >= 4 is 5.91 Å². The van der Waals surface area contributed by atoms with Gasteiger partial charge in [0.2, 0.25) is 5.91 Å². The number of carbonyl (C=O) groups excluding carboxylic acids is 1. The van der Waals surface area contributed by atoms with Gasteiger partial charge in [-0.05, 0) is 76.9 Å². The van der Waals surface area contributed by atoms with Crippen molar-refractivity contribution in [2.75, 3.05) is 33.3 Å². The molecule has 1 aromatic rings. The van der Waals surface area contributed by atoms with Gasteiger partial charge in [-0.15, -0.1) is 0 Å². The van der Waals surface area contributed by atoms with Crippen molar-refractivity contribution in [2.45, 2.75) is 58.2 Å². The average molecular weight is 374 g/mol. The Morgan fingerprint density at radius 2 is 1.85 bits per heavy atom. The van der Waals surface area contributed by atoms with E-state index in [0.29, 0.717) is 18.6 Å². The minimum Gasteiger partial charge on any atom is -0.497 e. The number of likely N-dealkylation sites (tertiary alicyclic amines) is 2. The fourth-order valence-electron chi connectivity index (χ4n) is 4.40. The summed E-state index contributed by atoms with van der Waals surface area (Å²) in [4.78, 5) is 17.8. The lowest BCUT2D eigenvalue weighted by Crippen LogP contribution is -2.51. The highest BCUT2D eigenvalue weighted by Crippen LogP contribution is 2.25. The largest absolute Gasteiger partial charge is 0.497 e. The maximum Gasteiger partial charge on any atom is 0.224 e. The van der Waals surface area contributed by atoms with E-state index in [1.54, 1.807) is 7.11 Å². The van der Waals surface area contributed by atoms with E-state index in [9.17, 15) is 4.79 Å². The number of hydrogen-bond donors (Lipinski definition) is 1. The van der Waals surface area contributed by atoms with Crippen LogP contribution in [0.3, 0.4) is 0 Å². The van der Waals surface area contributed by atoms with Gasteiger partial charge in [-0.3, -0.25) is 9.69 Å². The Morgan fingerprint density at radius 1 is 1.15 bits per heavy atom. The van der Waals surface area contributed by atoms with Crippen LogP contribution in [0.25, 0.3) is 0 Å². The van der Waals surface area contributed by atoms with Crippen molar-refractivity contribution in [2.24, 2.45) is 5.92 Å². The molecule has 1 N–H and O–H groups in total. The maximum atomic E-state index is 12.7. The molecular weight excluding hydrogens is 338 g/mol. The van der Waals surface area contributed by atoms with Gasteiger partial charge in [0, 0.05) is 25.2 Å². The molecule has 0 saturated carbocycles. The molecule has 1 unspecified atom stereocenters. The van der Waals surface area contributed by atoms with Gasteiger partial charge in [0.15, 0.2) is 0 Å². The first-order valence-electron chi connectivity index (χ1n) is 10.5. The number of hydrogen-bond acceptors (Lipinski definition) is 4. The topological polar surface area (TPSA) is 44.8 Å². The number of rotatable bonds is 6. The SMILES string of the molecule is COc1ccc(CNC(=O)C2CCCN(C3CCN(C(C)C)CC3)C2)cc1. The van der Waals surface area contributed by atoms with Crippen molar-refractivity contribution in [1.29, 1.82) is 0 Å². The monoisotopic (exact) mass is 373 g/mol. The first-order chi connectivity index (χ1) is 13.1. The average Bonchev–Trinajstić information content (AvgIpc) is 2.72. The smallest absolute Gasteiger partial charge is 0.224 e. The van der Waals surface area contributed by atoms with Crippen molar-refractivity contribution in [3.8, 4) is 5.75 Å². The summed E-state index contributed by atoms with van der Waals surface area (Å²) in [5.41, 5.74) is 1.11. The summed E-state index contributed by atoms with van der Waals surface area (Å²) in [6.45, 7) is 9.59. The zero-order chi connectivity index (χ0) is 19.2. The fourth-order valence-corrected chi connectivity index (χ4v) is 4.40. The summed E-state index contributed by atoms with van der Waals surface area (Å²) < 4.78 is 5.18. The van der Waals surface area contributed by atoms with E-state index in [4.69, 9.17) is 4.74 Å². The van der Waals surface area contributed by atoms with Gasteiger partial charge in [0.1, 0.15) is 5.75 Å². The van der Waals surface area contributed by atoms with Crippen LogP contribution in [0.4, 0.5) is 0 Å². The normalized spacial score (nSPS) is 22.7. The number of piperidine rings is 2. The summed E-state index contributed by atoms with van der Waals surface area (Å²) in [5, 5.41) is 3.14. The fraction of sp³-hybridized carbons (Fsp3) is 0.682. The molecule has 0 aromatic heterocycles. The lowest BCUT2D eigenvalue weighted by Gasteiger charge is -2.43. The first-order valence-corrected chi connectivity index (χ1v) is 10.5. The molecule has 27 heavy (non-hydrogen) atoms. The summed E-state index contributed by atoms with van der Waals surface area (Å²) >= 11 is 0.